The van der Waals surface area contributed by atoms with Gasteiger partial charge in [0.2, 0.25) is 5.91 Å². The molecule has 1 aromatic carbocycles. The minimum absolute atomic E-state index is 0.196. The SMILES string of the molecule is COCC(NC(=O)C(NC(=O)c1ccc(F)cc1)C(C)C)C(=O)O. The number of carboxylic acids is 1. The number of halogens is 1. The van der Waals surface area contributed by atoms with Crippen molar-refractivity contribution in [1.29, 1.82) is 0 Å². The number of rotatable bonds is 8. The molecule has 0 aliphatic rings. The van der Waals surface area contributed by atoms with E-state index in [0.717, 1.165) is 12.1 Å². The molecular formula is C16H21FN2O5. The molecule has 2 unspecified atom stereocenters. The van der Waals surface area contributed by atoms with Gasteiger partial charge in [0.25, 0.3) is 5.91 Å². The van der Waals surface area contributed by atoms with Crippen LogP contribution in [0.5, 0.6) is 0 Å². The third-order valence-corrected chi connectivity index (χ3v) is 3.29. The summed E-state index contributed by atoms with van der Waals surface area (Å²) in [5.74, 6) is -3.19. The molecule has 0 bridgehead atoms. The second-order valence-corrected chi connectivity index (χ2v) is 5.56. The van der Waals surface area contributed by atoms with Gasteiger partial charge in [0, 0.05) is 12.7 Å². The average molecular weight is 340 g/mol. The zero-order chi connectivity index (χ0) is 18.3. The first-order chi connectivity index (χ1) is 11.3. The van der Waals surface area contributed by atoms with E-state index in [9.17, 15) is 18.8 Å². The summed E-state index contributed by atoms with van der Waals surface area (Å²) in [5.41, 5.74) is 0.196. The summed E-state index contributed by atoms with van der Waals surface area (Å²) in [6.07, 6.45) is 0. The molecule has 0 heterocycles. The second-order valence-electron chi connectivity index (χ2n) is 5.56. The lowest BCUT2D eigenvalue weighted by Gasteiger charge is -2.23. The van der Waals surface area contributed by atoms with Crippen LogP contribution in [0.3, 0.4) is 0 Å². The standard InChI is InChI=1S/C16H21FN2O5/c1-9(2)13(15(21)18-12(8-24-3)16(22)23)19-14(20)10-4-6-11(17)7-5-10/h4-7,9,12-13H,8H2,1-3H3,(H,18,21)(H,19,20)(H,22,23). The molecule has 24 heavy (non-hydrogen) atoms. The Labute approximate surface area is 139 Å². The van der Waals surface area contributed by atoms with E-state index in [0.29, 0.717) is 0 Å². The summed E-state index contributed by atoms with van der Waals surface area (Å²) in [4.78, 5) is 35.5. The van der Waals surface area contributed by atoms with Crippen LogP contribution in [-0.2, 0) is 14.3 Å². The van der Waals surface area contributed by atoms with Gasteiger partial charge in [-0.25, -0.2) is 9.18 Å². The maximum Gasteiger partial charge on any atom is 0.328 e. The molecule has 0 aromatic heterocycles. The molecule has 3 N–H and O–H groups in total. The van der Waals surface area contributed by atoms with Crippen molar-refractivity contribution in [3.8, 4) is 0 Å². The van der Waals surface area contributed by atoms with Gasteiger partial charge < -0.3 is 20.5 Å². The maximum absolute atomic E-state index is 12.9. The predicted molar refractivity (Wildman–Crippen MR) is 83.9 cm³/mol. The van der Waals surface area contributed by atoms with Gasteiger partial charge in [0.15, 0.2) is 6.04 Å². The number of methoxy groups -OCH3 is 1. The summed E-state index contributed by atoms with van der Waals surface area (Å²) in [6.45, 7) is 3.22. The zero-order valence-electron chi connectivity index (χ0n) is 13.7. The van der Waals surface area contributed by atoms with Gasteiger partial charge in [-0.1, -0.05) is 13.8 Å². The zero-order valence-corrected chi connectivity index (χ0v) is 13.7. The molecule has 0 radical (unpaired) electrons. The van der Waals surface area contributed by atoms with Crippen molar-refractivity contribution in [3.63, 3.8) is 0 Å². The highest BCUT2D eigenvalue weighted by Crippen LogP contribution is 2.07. The summed E-state index contributed by atoms with van der Waals surface area (Å²) < 4.78 is 17.6. The van der Waals surface area contributed by atoms with Crippen molar-refractivity contribution >= 4 is 17.8 Å². The third-order valence-electron chi connectivity index (χ3n) is 3.29. The number of aliphatic carboxylic acids is 1. The Morgan fingerprint density at radius 2 is 1.75 bits per heavy atom. The van der Waals surface area contributed by atoms with E-state index in [2.05, 4.69) is 10.6 Å². The summed E-state index contributed by atoms with van der Waals surface area (Å²) in [5, 5.41) is 13.9. The lowest BCUT2D eigenvalue weighted by Crippen LogP contribution is -2.54. The molecule has 1 rings (SSSR count). The van der Waals surface area contributed by atoms with Crippen LogP contribution in [0.4, 0.5) is 4.39 Å². The van der Waals surface area contributed by atoms with Gasteiger partial charge in [-0.05, 0) is 30.2 Å². The minimum atomic E-state index is -1.24. The van der Waals surface area contributed by atoms with Gasteiger partial charge in [-0.2, -0.15) is 0 Å². The van der Waals surface area contributed by atoms with Crippen LogP contribution in [0.2, 0.25) is 0 Å². The number of carbonyl (C=O) groups is 3. The summed E-state index contributed by atoms with van der Waals surface area (Å²) in [6, 6.07) is 2.71. The topological polar surface area (TPSA) is 105 Å². The molecule has 7 nitrogen and oxygen atoms in total. The first kappa shape index (κ1) is 19.6. The fraction of sp³-hybridized carbons (Fsp3) is 0.438. The molecule has 1 aromatic rings. The van der Waals surface area contributed by atoms with Gasteiger partial charge in [0.05, 0.1) is 6.61 Å². The molecule has 2 atom stereocenters. The van der Waals surface area contributed by atoms with Crippen LogP contribution in [0.15, 0.2) is 24.3 Å². The van der Waals surface area contributed by atoms with Crippen molar-refractivity contribution < 1.29 is 28.6 Å². The number of amides is 2. The van der Waals surface area contributed by atoms with Crippen LogP contribution in [0.1, 0.15) is 24.2 Å². The Hall–Kier alpha value is -2.48. The van der Waals surface area contributed by atoms with Crippen LogP contribution in [0, 0.1) is 11.7 Å². The van der Waals surface area contributed by atoms with E-state index in [1.165, 1.54) is 19.2 Å². The number of nitrogens with one attached hydrogen (secondary N) is 2. The van der Waals surface area contributed by atoms with Crippen molar-refractivity contribution in [3.05, 3.63) is 35.6 Å². The van der Waals surface area contributed by atoms with E-state index < -0.39 is 35.7 Å². The van der Waals surface area contributed by atoms with Crippen molar-refractivity contribution in [2.75, 3.05) is 13.7 Å². The van der Waals surface area contributed by atoms with Crippen molar-refractivity contribution in [1.82, 2.24) is 10.6 Å². The number of hydrogen-bond donors (Lipinski definition) is 3. The monoisotopic (exact) mass is 340 g/mol. The molecular weight excluding hydrogens is 319 g/mol. The predicted octanol–water partition coefficient (Wildman–Crippen LogP) is 0.796. The molecule has 0 saturated heterocycles. The Morgan fingerprint density at radius 1 is 1.17 bits per heavy atom. The highest BCUT2D eigenvalue weighted by molar-refractivity contribution is 5.98. The molecule has 0 saturated carbocycles. The summed E-state index contributed by atoms with van der Waals surface area (Å²) >= 11 is 0. The largest absolute Gasteiger partial charge is 0.480 e. The summed E-state index contributed by atoms with van der Waals surface area (Å²) in [7, 11) is 1.32. The number of benzene rings is 1. The van der Waals surface area contributed by atoms with Crippen molar-refractivity contribution in [2.24, 2.45) is 5.92 Å². The van der Waals surface area contributed by atoms with Crippen LogP contribution < -0.4 is 10.6 Å². The number of ether oxygens (including phenoxy) is 1. The Bertz CT molecular complexity index is 589. The molecule has 2 amide bonds. The molecule has 132 valence electrons. The molecule has 0 fully saturated rings. The van der Waals surface area contributed by atoms with Crippen LogP contribution in [0.25, 0.3) is 0 Å². The second kappa shape index (κ2) is 8.97. The third kappa shape index (κ3) is 5.62. The minimum Gasteiger partial charge on any atom is -0.480 e. The lowest BCUT2D eigenvalue weighted by molar-refractivity contribution is -0.143. The Morgan fingerprint density at radius 3 is 2.21 bits per heavy atom. The van der Waals surface area contributed by atoms with Crippen LogP contribution >= 0.6 is 0 Å². The van der Waals surface area contributed by atoms with E-state index in [1.54, 1.807) is 13.8 Å². The smallest absolute Gasteiger partial charge is 0.328 e. The van der Waals surface area contributed by atoms with Gasteiger partial charge in [-0.15, -0.1) is 0 Å². The number of carboxylic acid groups (broad SMARTS) is 1. The number of hydrogen-bond acceptors (Lipinski definition) is 4. The van der Waals surface area contributed by atoms with Gasteiger partial charge in [-0.3, -0.25) is 9.59 Å². The first-order valence-corrected chi connectivity index (χ1v) is 7.34. The number of carbonyl (C=O) groups excluding carboxylic acids is 2. The van der Waals surface area contributed by atoms with E-state index in [-0.39, 0.29) is 18.1 Å². The normalized spacial score (nSPS) is 13.2. The Kier molecular flexibility index (Phi) is 7.31. The lowest BCUT2D eigenvalue weighted by atomic mass is 10.0. The molecule has 0 aliphatic carbocycles. The highest BCUT2D eigenvalue weighted by Gasteiger charge is 2.28. The quantitative estimate of drug-likeness (QED) is 0.649. The van der Waals surface area contributed by atoms with Gasteiger partial charge in [0.1, 0.15) is 11.9 Å². The van der Waals surface area contributed by atoms with Crippen molar-refractivity contribution in [2.45, 2.75) is 25.9 Å². The van der Waals surface area contributed by atoms with Crippen LogP contribution in [-0.4, -0.2) is 48.7 Å². The molecule has 8 heteroatoms. The van der Waals surface area contributed by atoms with E-state index in [4.69, 9.17) is 9.84 Å². The molecule has 0 spiro atoms. The molecule has 0 aliphatic heterocycles. The Balaban J connectivity index is 2.82. The van der Waals surface area contributed by atoms with Gasteiger partial charge >= 0.3 is 5.97 Å². The average Bonchev–Trinajstić information content (AvgIpc) is 2.52. The highest BCUT2D eigenvalue weighted by atomic mass is 19.1. The maximum atomic E-state index is 12.9. The fourth-order valence-electron chi connectivity index (χ4n) is 1.96. The fourth-order valence-corrected chi connectivity index (χ4v) is 1.96. The van der Waals surface area contributed by atoms with E-state index >= 15 is 0 Å². The first-order valence-electron chi connectivity index (χ1n) is 7.34. The van der Waals surface area contributed by atoms with E-state index in [1.807, 2.05) is 0 Å².